The lowest BCUT2D eigenvalue weighted by molar-refractivity contribution is -0.193. The maximum absolute atomic E-state index is 10.6. The van der Waals surface area contributed by atoms with Crippen LogP contribution in [0, 0.1) is 0 Å². The van der Waals surface area contributed by atoms with Crippen LogP contribution < -0.4 is 0 Å². The number of halogens is 7. The topological polar surface area (TPSA) is 74.6 Å². The molecule has 0 aliphatic heterocycles. The first-order valence-electron chi connectivity index (χ1n) is 2.49. The van der Waals surface area contributed by atoms with Crippen LogP contribution in [0.25, 0.3) is 0 Å². The van der Waals surface area contributed by atoms with Crippen molar-refractivity contribution in [3.05, 3.63) is 0 Å². The van der Waals surface area contributed by atoms with Gasteiger partial charge in [-0.1, -0.05) is 0 Å². The van der Waals surface area contributed by atoms with E-state index in [0.717, 1.165) is 0 Å². The Balaban J connectivity index is -0.000000180. The van der Waals surface area contributed by atoms with Crippen LogP contribution in [0.4, 0.5) is 31.0 Å². The summed E-state index contributed by atoms with van der Waals surface area (Å²) >= 11 is 0. The van der Waals surface area contributed by atoms with Crippen LogP contribution in [0.1, 0.15) is 0 Å². The summed E-state index contributed by atoms with van der Waals surface area (Å²) in [6, 6.07) is 0. The van der Waals surface area contributed by atoms with Crippen molar-refractivity contribution in [3.8, 4) is 0 Å². The fourth-order valence-corrected chi connectivity index (χ4v) is 0. The zero-order valence-electron chi connectivity index (χ0n) is 6.39. The zero-order valence-corrected chi connectivity index (χ0v) is 6.39. The predicted octanol–water partition coefficient (Wildman–Crippen LogP) is 1.42. The van der Waals surface area contributed by atoms with E-state index in [1.54, 1.807) is 0 Å². The van der Waals surface area contributed by atoms with E-state index in [4.69, 9.17) is 19.8 Å². The SMILES string of the molecule is F.O=C(O)C(F)(F)F.O=C(O)C(F)(F)F. The molecule has 0 radical (unpaired) electrons. The smallest absolute Gasteiger partial charge is 0.475 e. The van der Waals surface area contributed by atoms with Crippen molar-refractivity contribution in [1.29, 1.82) is 0 Å². The van der Waals surface area contributed by atoms with E-state index in [0.29, 0.717) is 0 Å². The van der Waals surface area contributed by atoms with Gasteiger partial charge in [0, 0.05) is 0 Å². The maximum Gasteiger partial charge on any atom is 0.490 e. The Labute approximate surface area is 76.5 Å². The molecule has 2 N–H and O–H groups in total. The second-order valence-corrected chi connectivity index (χ2v) is 1.61. The fourth-order valence-electron chi connectivity index (χ4n) is 0. The molecule has 0 aromatic carbocycles. The molecule has 4 nitrogen and oxygen atoms in total. The summed E-state index contributed by atoms with van der Waals surface area (Å²) in [5, 5.41) is 14.2. The second kappa shape index (κ2) is 6.03. The zero-order chi connectivity index (χ0) is 12.2. The third-order valence-electron chi connectivity index (χ3n) is 0.485. The molecule has 0 saturated heterocycles. The highest BCUT2D eigenvalue weighted by Gasteiger charge is 2.38. The summed E-state index contributed by atoms with van der Waals surface area (Å²) in [5.74, 6) is -5.51. The van der Waals surface area contributed by atoms with Gasteiger partial charge >= 0.3 is 24.3 Å². The first kappa shape index (κ1) is 19.1. The number of hydrogen-bond donors (Lipinski definition) is 2. The minimum absolute atomic E-state index is 0. The quantitative estimate of drug-likeness (QED) is 0.635. The Hall–Kier alpha value is -1.55. The summed E-state index contributed by atoms with van der Waals surface area (Å²) in [6.07, 6.45) is -10.2. The Kier molecular flexibility index (Phi) is 7.68. The number of alkyl halides is 6. The van der Waals surface area contributed by atoms with E-state index in [9.17, 15) is 26.3 Å². The van der Waals surface area contributed by atoms with E-state index >= 15 is 0 Å². The van der Waals surface area contributed by atoms with Gasteiger partial charge in [0.1, 0.15) is 0 Å². The number of rotatable bonds is 0. The molecule has 0 spiro atoms. The normalized spacial score (nSPS) is 10.5. The largest absolute Gasteiger partial charge is 0.490 e. The van der Waals surface area contributed by atoms with Crippen LogP contribution in [-0.4, -0.2) is 34.5 Å². The average Bonchev–Trinajstić information content (AvgIpc) is 1.83. The van der Waals surface area contributed by atoms with Crippen molar-refractivity contribution in [2.45, 2.75) is 12.4 Å². The molecule has 0 fully saturated rings. The van der Waals surface area contributed by atoms with E-state index in [1.807, 2.05) is 0 Å². The van der Waals surface area contributed by atoms with E-state index in [2.05, 4.69) is 0 Å². The number of carboxylic acid groups (broad SMARTS) is 2. The maximum atomic E-state index is 10.6. The predicted molar refractivity (Wildman–Crippen MR) is 29.9 cm³/mol. The molecule has 15 heavy (non-hydrogen) atoms. The monoisotopic (exact) mass is 248 g/mol. The molecule has 11 heteroatoms. The molecular formula is C4H3F7O4. The molecule has 0 aliphatic rings. The van der Waals surface area contributed by atoms with Crippen molar-refractivity contribution in [2.24, 2.45) is 0 Å². The lowest BCUT2D eigenvalue weighted by Crippen LogP contribution is -2.21. The molecule has 0 aliphatic carbocycles. The fraction of sp³-hybridized carbons (Fsp3) is 0.500. The van der Waals surface area contributed by atoms with Gasteiger partial charge in [-0.05, 0) is 0 Å². The minimum atomic E-state index is -5.08. The summed E-state index contributed by atoms with van der Waals surface area (Å²) in [6.45, 7) is 0. The molecule has 0 saturated carbocycles. The third-order valence-corrected chi connectivity index (χ3v) is 0.485. The number of carboxylic acids is 2. The average molecular weight is 248 g/mol. The molecule has 0 unspecified atom stereocenters. The second-order valence-electron chi connectivity index (χ2n) is 1.61. The molecule has 92 valence electrons. The molecule has 0 aromatic rings. The minimum Gasteiger partial charge on any atom is -0.475 e. The van der Waals surface area contributed by atoms with Gasteiger partial charge in [0.2, 0.25) is 0 Å². The highest BCUT2D eigenvalue weighted by atomic mass is 19.4. The van der Waals surface area contributed by atoms with Crippen LogP contribution in [0.2, 0.25) is 0 Å². The van der Waals surface area contributed by atoms with Crippen LogP contribution in [0.3, 0.4) is 0 Å². The Bertz CT molecular complexity index is 192. The van der Waals surface area contributed by atoms with Crippen LogP contribution in [0.15, 0.2) is 0 Å². The highest BCUT2D eigenvalue weighted by molar-refractivity contribution is 5.73. The molecule has 0 amide bonds. The standard InChI is InChI=1S/2C2HF3O2.FH/c2*3-2(4,5)1(6)7;/h2*(H,6,7);1H. The first-order valence-corrected chi connectivity index (χ1v) is 2.49. The van der Waals surface area contributed by atoms with Gasteiger partial charge in [0.05, 0.1) is 0 Å². The van der Waals surface area contributed by atoms with Gasteiger partial charge in [-0.3, -0.25) is 4.70 Å². The summed E-state index contributed by atoms with van der Waals surface area (Å²) in [5.41, 5.74) is 0. The van der Waals surface area contributed by atoms with E-state index in [1.165, 1.54) is 0 Å². The summed E-state index contributed by atoms with van der Waals surface area (Å²) in [4.78, 5) is 17.8. The summed E-state index contributed by atoms with van der Waals surface area (Å²) < 4.78 is 63.5. The lowest BCUT2D eigenvalue weighted by Gasteiger charge is -1.93. The van der Waals surface area contributed by atoms with Crippen LogP contribution in [-0.2, 0) is 9.59 Å². The van der Waals surface area contributed by atoms with Crippen LogP contribution >= 0.6 is 0 Å². The van der Waals surface area contributed by atoms with E-state index < -0.39 is 24.3 Å². The Morgan fingerprint density at radius 1 is 0.733 bits per heavy atom. The van der Waals surface area contributed by atoms with Crippen LogP contribution in [0.5, 0.6) is 0 Å². The Morgan fingerprint density at radius 2 is 0.800 bits per heavy atom. The molecule has 0 bridgehead atoms. The van der Waals surface area contributed by atoms with Crippen molar-refractivity contribution < 1.29 is 50.8 Å². The van der Waals surface area contributed by atoms with Crippen molar-refractivity contribution in [2.75, 3.05) is 0 Å². The van der Waals surface area contributed by atoms with E-state index in [-0.39, 0.29) is 4.70 Å². The van der Waals surface area contributed by atoms with Gasteiger partial charge < -0.3 is 10.2 Å². The third kappa shape index (κ3) is 12.4. The first-order chi connectivity index (χ1) is 5.89. The number of aliphatic carboxylic acids is 2. The van der Waals surface area contributed by atoms with Gasteiger partial charge in [-0.15, -0.1) is 0 Å². The van der Waals surface area contributed by atoms with Gasteiger partial charge in [-0.25, -0.2) is 9.59 Å². The van der Waals surface area contributed by atoms with Gasteiger partial charge in [0.25, 0.3) is 0 Å². The highest BCUT2D eigenvalue weighted by Crippen LogP contribution is 2.13. The molecule has 0 heterocycles. The molecule has 0 rings (SSSR count). The number of hydrogen-bond acceptors (Lipinski definition) is 2. The van der Waals surface area contributed by atoms with Crippen molar-refractivity contribution in [3.63, 3.8) is 0 Å². The lowest BCUT2D eigenvalue weighted by atomic mass is 10.7. The molecular weight excluding hydrogens is 245 g/mol. The van der Waals surface area contributed by atoms with Crippen molar-refractivity contribution >= 4 is 11.9 Å². The Morgan fingerprint density at radius 3 is 0.800 bits per heavy atom. The number of carbonyl (C=O) groups is 2. The van der Waals surface area contributed by atoms with Gasteiger partial charge in [-0.2, -0.15) is 26.3 Å². The summed E-state index contributed by atoms with van der Waals surface area (Å²) in [7, 11) is 0. The van der Waals surface area contributed by atoms with Crippen molar-refractivity contribution in [1.82, 2.24) is 0 Å². The van der Waals surface area contributed by atoms with Gasteiger partial charge in [0.15, 0.2) is 0 Å². The molecule has 0 atom stereocenters. The molecule has 0 aromatic heterocycles.